The lowest BCUT2D eigenvalue weighted by molar-refractivity contribution is 0.0239. The summed E-state index contributed by atoms with van der Waals surface area (Å²) in [6, 6.07) is 3.67. The molecule has 138 valence electrons. The molecule has 1 aromatic heterocycles. The van der Waals surface area contributed by atoms with E-state index in [2.05, 4.69) is 20.6 Å². The number of aromatic nitrogens is 2. The minimum absolute atomic E-state index is 0.0272. The maximum absolute atomic E-state index is 12.0. The van der Waals surface area contributed by atoms with Crippen LogP contribution in [0.25, 0.3) is 11.0 Å². The lowest BCUT2D eigenvalue weighted by atomic mass is 9.95. The molecule has 0 spiro atoms. The van der Waals surface area contributed by atoms with Crippen molar-refractivity contribution >= 4 is 17.1 Å². The molecule has 2 rings (SSSR count). The average molecular weight is 348 g/mol. The van der Waals surface area contributed by atoms with Gasteiger partial charge in [0.15, 0.2) is 0 Å². The second-order valence-electron chi connectivity index (χ2n) is 6.53. The summed E-state index contributed by atoms with van der Waals surface area (Å²) in [5.74, 6) is 0.685. The molecule has 2 amide bonds. The molecule has 1 aromatic carbocycles. The molecule has 1 atom stereocenters. The van der Waals surface area contributed by atoms with Crippen molar-refractivity contribution in [2.75, 3.05) is 13.2 Å². The maximum atomic E-state index is 12.0. The van der Waals surface area contributed by atoms with E-state index in [9.17, 15) is 9.90 Å². The first-order valence-electron chi connectivity index (χ1n) is 8.68. The van der Waals surface area contributed by atoms with E-state index in [1.807, 2.05) is 32.9 Å². The highest BCUT2D eigenvalue weighted by Gasteiger charge is 2.24. The Bertz CT molecular complexity index is 728. The molecule has 7 heteroatoms. The molecule has 0 saturated carbocycles. The summed E-state index contributed by atoms with van der Waals surface area (Å²) in [6.07, 6.45) is 1.46. The van der Waals surface area contributed by atoms with Crippen molar-refractivity contribution in [3.8, 4) is 0 Å². The molecule has 0 saturated heterocycles. The van der Waals surface area contributed by atoms with Gasteiger partial charge >= 0.3 is 6.03 Å². The van der Waals surface area contributed by atoms with Crippen LogP contribution in [-0.4, -0.2) is 45.0 Å². The van der Waals surface area contributed by atoms with Gasteiger partial charge in [0.05, 0.1) is 23.2 Å². The van der Waals surface area contributed by atoms with Crippen LogP contribution < -0.4 is 10.6 Å². The van der Waals surface area contributed by atoms with Crippen LogP contribution in [0.4, 0.5) is 4.79 Å². The van der Waals surface area contributed by atoms with Crippen LogP contribution in [0, 0.1) is 13.8 Å². The van der Waals surface area contributed by atoms with Crippen LogP contribution in [0.1, 0.15) is 43.1 Å². The number of carbonyl (C=O) groups is 1. The van der Waals surface area contributed by atoms with Crippen LogP contribution in [0.2, 0.25) is 0 Å². The number of urea groups is 1. The molecule has 7 nitrogen and oxygen atoms in total. The number of nitrogens with one attached hydrogen (secondary N) is 3. The number of benzene rings is 1. The normalized spacial score (nSPS) is 13.6. The smallest absolute Gasteiger partial charge is 0.315 e. The molecular formula is C18H28N4O3. The Hall–Kier alpha value is -2.12. The fourth-order valence-electron chi connectivity index (χ4n) is 2.72. The molecule has 0 radical (unpaired) electrons. The van der Waals surface area contributed by atoms with Gasteiger partial charge in [-0.2, -0.15) is 0 Å². The topological polar surface area (TPSA) is 110 Å². The number of aliphatic hydroxyl groups excluding tert-OH is 1. The average Bonchev–Trinajstić information content (AvgIpc) is 3.03. The van der Waals surface area contributed by atoms with Crippen molar-refractivity contribution in [3.63, 3.8) is 0 Å². The fraction of sp³-hybridized carbons (Fsp3) is 0.556. The van der Waals surface area contributed by atoms with E-state index in [1.165, 1.54) is 5.56 Å². The molecule has 0 aliphatic carbocycles. The SMILES string of the molecule is CC[C@@](O)(CCCO)CNC(=O)NCc1nc2c(C)c(C)ccc2[nH]1. The Kier molecular flexibility index (Phi) is 6.39. The van der Waals surface area contributed by atoms with Crippen molar-refractivity contribution in [1.82, 2.24) is 20.6 Å². The van der Waals surface area contributed by atoms with Gasteiger partial charge in [0, 0.05) is 13.2 Å². The molecule has 2 aromatic rings. The molecule has 0 bridgehead atoms. The molecule has 0 aliphatic rings. The lowest BCUT2D eigenvalue weighted by Gasteiger charge is -2.26. The third-order valence-corrected chi connectivity index (χ3v) is 4.68. The zero-order valence-electron chi connectivity index (χ0n) is 15.1. The van der Waals surface area contributed by atoms with Crippen molar-refractivity contribution in [2.24, 2.45) is 0 Å². The standard InChI is InChI=1S/C18H28N4O3/c1-4-18(25,8-5-9-23)11-20-17(24)19-10-15-21-14-7-6-12(2)13(3)16(14)22-15/h6-7,23,25H,4-5,8-11H2,1-3H3,(H,21,22)(H2,19,20,24)/t18-/m1/s1. The summed E-state index contributed by atoms with van der Waals surface area (Å²) in [6.45, 7) is 6.38. The van der Waals surface area contributed by atoms with Gasteiger partial charge in [-0.05, 0) is 50.3 Å². The monoisotopic (exact) mass is 348 g/mol. The Labute approximate surface area is 147 Å². The quantitative estimate of drug-likeness (QED) is 0.502. The van der Waals surface area contributed by atoms with E-state index in [0.717, 1.165) is 16.6 Å². The minimum Gasteiger partial charge on any atom is -0.396 e. The molecule has 0 unspecified atom stereocenters. The highest BCUT2D eigenvalue weighted by atomic mass is 16.3. The number of amides is 2. The predicted molar refractivity (Wildman–Crippen MR) is 97.4 cm³/mol. The van der Waals surface area contributed by atoms with Crippen LogP contribution in [0.15, 0.2) is 12.1 Å². The first-order valence-corrected chi connectivity index (χ1v) is 8.68. The number of imidazole rings is 1. The molecule has 5 N–H and O–H groups in total. The number of aliphatic hydroxyl groups is 2. The number of hydrogen-bond donors (Lipinski definition) is 5. The zero-order chi connectivity index (χ0) is 18.4. The largest absolute Gasteiger partial charge is 0.396 e. The van der Waals surface area contributed by atoms with Gasteiger partial charge in [-0.1, -0.05) is 13.0 Å². The number of nitrogens with zero attached hydrogens (tertiary/aromatic N) is 1. The van der Waals surface area contributed by atoms with E-state index in [4.69, 9.17) is 5.11 Å². The van der Waals surface area contributed by atoms with Gasteiger partial charge in [-0.25, -0.2) is 9.78 Å². The second-order valence-corrected chi connectivity index (χ2v) is 6.53. The Morgan fingerprint density at radius 2 is 2.08 bits per heavy atom. The van der Waals surface area contributed by atoms with Crippen molar-refractivity contribution in [1.29, 1.82) is 0 Å². The van der Waals surface area contributed by atoms with E-state index in [1.54, 1.807) is 0 Å². The number of aromatic amines is 1. The number of hydrogen-bond acceptors (Lipinski definition) is 4. The highest BCUT2D eigenvalue weighted by Crippen LogP contribution is 2.19. The number of rotatable bonds is 8. The van der Waals surface area contributed by atoms with Crippen LogP contribution in [0.5, 0.6) is 0 Å². The third-order valence-electron chi connectivity index (χ3n) is 4.68. The van der Waals surface area contributed by atoms with Crippen LogP contribution >= 0.6 is 0 Å². The van der Waals surface area contributed by atoms with E-state index in [0.29, 0.717) is 25.1 Å². The number of aryl methyl sites for hydroxylation is 2. The summed E-state index contributed by atoms with van der Waals surface area (Å²) in [4.78, 5) is 19.7. The molecule has 0 aliphatic heterocycles. The summed E-state index contributed by atoms with van der Waals surface area (Å²) >= 11 is 0. The summed E-state index contributed by atoms with van der Waals surface area (Å²) < 4.78 is 0. The predicted octanol–water partition coefficient (Wildman–Crippen LogP) is 1.89. The van der Waals surface area contributed by atoms with Gasteiger partial charge in [0.25, 0.3) is 0 Å². The highest BCUT2D eigenvalue weighted by molar-refractivity contribution is 5.80. The zero-order valence-corrected chi connectivity index (χ0v) is 15.1. The number of H-pyrrole nitrogens is 1. The van der Waals surface area contributed by atoms with Crippen molar-refractivity contribution in [2.45, 2.75) is 52.2 Å². The minimum atomic E-state index is -0.992. The van der Waals surface area contributed by atoms with Crippen molar-refractivity contribution < 1.29 is 15.0 Å². The second kappa shape index (κ2) is 8.31. The molecule has 0 fully saturated rings. The molecule has 25 heavy (non-hydrogen) atoms. The van der Waals surface area contributed by atoms with E-state index in [-0.39, 0.29) is 25.7 Å². The summed E-state index contributed by atoms with van der Waals surface area (Å²) in [5, 5.41) is 24.7. The van der Waals surface area contributed by atoms with Gasteiger partial charge in [-0.15, -0.1) is 0 Å². The lowest BCUT2D eigenvalue weighted by Crippen LogP contribution is -2.46. The van der Waals surface area contributed by atoms with Crippen molar-refractivity contribution in [3.05, 3.63) is 29.1 Å². The summed E-state index contributed by atoms with van der Waals surface area (Å²) in [7, 11) is 0. The molecule has 1 heterocycles. The van der Waals surface area contributed by atoms with E-state index >= 15 is 0 Å². The Balaban J connectivity index is 1.88. The van der Waals surface area contributed by atoms with Gasteiger partial charge in [0.1, 0.15) is 5.82 Å². The van der Waals surface area contributed by atoms with Crippen LogP contribution in [-0.2, 0) is 6.54 Å². The van der Waals surface area contributed by atoms with E-state index < -0.39 is 5.60 Å². The first-order chi connectivity index (χ1) is 11.9. The Morgan fingerprint density at radius 3 is 2.76 bits per heavy atom. The third kappa shape index (κ3) is 4.93. The maximum Gasteiger partial charge on any atom is 0.315 e. The molecular weight excluding hydrogens is 320 g/mol. The first kappa shape index (κ1) is 19.2. The fourth-order valence-corrected chi connectivity index (χ4v) is 2.72. The van der Waals surface area contributed by atoms with Crippen LogP contribution in [0.3, 0.4) is 0 Å². The number of fused-ring (bicyclic) bond motifs is 1. The van der Waals surface area contributed by atoms with Gasteiger partial charge < -0.3 is 25.8 Å². The number of carbonyl (C=O) groups excluding carboxylic acids is 1. The Morgan fingerprint density at radius 1 is 1.32 bits per heavy atom. The van der Waals surface area contributed by atoms with Gasteiger partial charge in [-0.3, -0.25) is 0 Å². The van der Waals surface area contributed by atoms with Gasteiger partial charge in [0.2, 0.25) is 0 Å². The summed E-state index contributed by atoms with van der Waals surface area (Å²) in [5.41, 5.74) is 3.18.